The van der Waals surface area contributed by atoms with Crippen LogP contribution in [0.1, 0.15) is 18.4 Å². The molecule has 10 heteroatoms. The first-order valence-electron chi connectivity index (χ1n) is 10.7. The van der Waals surface area contributed by atoms with Gasteiger partial charge in [-0.2, -0.15) is 5.26 Å². The standard InChI is InChI=1S/C24H25N3O5S2/c1-30-20-12-17(13-21(31-2)23(20)32-3)19-15-33-24(26-19)27-10-8-18(9-11-27)34(28,29)22-7-5-4-6-16(22)14-25/h4-7,12-13,15,18H,8-11H2,1-3H3. The molecule has 1 fully saturated rings. The van der Waals surface area contributed by atoms with E-state index in [1.807, 2.05) is 23.6 Å². The molecule has 4 rings (SSSR count). The van der Waals surface area contributed by atoms with Gasteiger partial charge in [0.15, 0.2) is 26.5 Å². The number of methoxy groups -OCH3 is 3. The van der Waals surface area contributed by atoms with Gasteiger partial charge in [-0.25, -0.2) is 13.4 Å². The number of piperidine rings is 1. The summed E-state index contributed by atoms with van der Waals surface area (Å²) >= 11 is 1.51. The van der Waals surface area contributed by atoms with E-state index in [0.29, 0.717) is 43.2 Å². The van der Waals surface area contributed by atoms with Gasteiger partial charge in [0.05, 0.1) is 42.7 Å². The zero-order valence-corrected chi connectivity index (χ0v) is 20.8. The zero-order chi connectivity index (χ0) is 24.3. The molecule has 0 N–H and O–H groups in total. The van der Waals surface area contributed by atoms with E-state index in [1.165, 1.54) is 17.4 Å². The third kappa shape index (κ3) is 4.41. The molecule has 8 nitrogen and oxygen atoms in total. The van der Waals surface area contributed by atoms with Crippen LogP contribution in [0.3, 0.4) is 0 Å². The molecule has 0 bridgehead atoms. The molecule has 0 radical (unpaired) electrons. The van der Waals surface area contributed by atoms with E-state index in [0.717, 1.165) is 16.4 Å². The van der Waals surface area contributed by atoms with Crippen LogP contribution in [-0.4, -0.2) is 53.1 Å². The Morgan fingerprint density at radius 2 is 1.71 bits per heavy atom. The van der Waals surface area contributed by atoms with Gasteiger partial charge < -0.3 is 19.1 Å². The summed E-state index contributed by atoms with van der Waals surface area (Å²) in [5.41, 5.74) is 1.80. The smallest absolute Gasteiger partial charge is 0.203 e. The van der Waals surface area contributed by atoms with E-state index in [-0.39, 0.29) is 10.5 Å². The quantitative estimate of drug-likeness (QED) is 0.478. The average molecular weight is 500 g/mol. The molecule has 1 aliphatic heterocycles. The highest BCUT2D eigenvalue weighted by Crippen LogP contribution is 2.42. The van der Waals surface area contributed by atoms with Gasteiger partial charge in [-0.15, -0.1) is 11.3 Å². The third-order valence-electron chi connectivity index (χ3n) is 5.92. The van der Waals surface area contributed by atoms with Crippen LogP contribution < -0.4 is 19.1 Å². The van der Waals surface area contributed by atoms with Crippen molar-refractivity contribution in [2.75, 3.05) is 39.3 Å². The van der Waals surface area contributed by atoms with Crippen molar-refractivity contribution >= 4 is 26.3 Å². The van der Waals surface area contributed by atoms with Crippen LogP contribution in [0.4, 0.5) is 5.13 Å². The fraction of sp³-hybridized carbons (Fsp3) is 0.333. The van der Waals surface area contributed by atoms with Gasteiger partial charge in [0.1, 0.15) is 6.07 Å². The van der Waals surface area contributed by atoms with Crippen LogP contribution in [0.15, 0.2) is 46.7 Å². The van der Waals surface area contributed by atoms with E-state index in [1.54, 1.807) is 39.5 Å². The minimum Gasteiger partial charge on any atom is -0.493 e. The summed E-state index contributed by atoms with van der Waals surface area (Å²) in [6.45, 7) is 1.14. The van der Waals surface area contributed by atoms with Crippen molar-refractivity contribution in [1.29, 1.82) is 5.26 Å². The summed E-state index contributed by atoms with van der Waals surface area (Å²) < 4.78 is 42.6. The van der Waals surface area contributed by atoms with Crippen LogP contribution >= 0.6 is 11.3 Å². The number of ether oxygens (including phenoxy) is 3. The van der Waals surface area contributed by atoms with Crippen LogP contribution in [0, 0.1) is 11.3 Å². The van der Waals surface area contributed by atoms with Crippen molar-refractivity contribution < 1.29 is 22.6 Å². The predicted molar refractivity (Wildman–Crippen MR) is 131 cm³/mol. The summed E-state index contributed by atoms with van der Waals surface area (Å²) in [4.78, 5) is 7.01. The number of rotatable bonds is 7. The van der Waals surface area contributed by atoms with Gasteiger partial charge in [-0.05, 0) is 37.1 Å². The highest BCUT2D eigenvalue weighted by Gasteiger charge is 2.33. The first-order valence-corrected chi connectivity index (χ1v) is 13.1. The summed E-state index contributed by atoms with van der Waals surface area (Å²) in [5.74, 6) is 1.62. The van der Waals surface area contributed by atoms with Gasteiger partial charge in [0.25, 0.3) is 0 Å². The first kappa shape index (κ1) is 23.9. The SMILES string of the molecule is COc1cc(-c2csc(N3CCC(S(=O)(=O)c4ccccc4C#N)CC3)n2)cc(OC)c1OC. The molecule has 0 amide bonds. The van der Waals surface area contributed by atoms with E-state index >= 15 is 0 Å². The van der Waals surface area contributed by atoms with Crippen molar-refractivity contribution in [2.45, 2.75) is 23.0 Å². The number of hydrogen-bond donors (Lipinski definition) is 0. The van der Waals surface area contributed by atoms with E-state index in [9.17, 15) is 13.7 Å². The lowest BCUT2D eigenvalue weighted by molar-refractivity contribution is 0.324. The molecule has 0 aliphatic carbocycles. The Hall–Kier alpha value is -3.29. The molecule has 1 aliphatic rings. The highest BCUT2D eigenvalue weighted by molar-refractivity contribution is 7.92. The molecular weight excluding hydrogens is 474 g/mol. The first-order chi connectivity index (χ1) is 16.4. The lowest BCUT2D eigenvalue weighted by Gasteiger charge is -2.31. The van der Waals surface area contributed by atoms with E-state index < -0.39 is 15.1 Å². The number of anilines is 1. The van der Waals surface area contributed by atoms with Crippen LogP contribution in [0.2, 0.25) is 0 Å². The van der Waals surface area contributed by atoms with E-state index in [4.69, 9.17) is 19.2 Å². The maximum Gasteiger partial charge on any atom is 0.203 e. The average Bonchev–Trinajstić information content (AvgIpc) is 3.38. The Labute approximate surface area is 203 Å². The second kappa shape index (κ2) is 9.91. The second-order valence-electron chi connectivity index (χ2n) is 7.77. The monoisotopic (exact) mass is 499 g/mol. The maximum atomic E-state index is 13.2. The number of benzene rings is 2. The number of sulfone groups is 1. The van der Waals surface area contributed by atoms with Crippen LogP contribution in [-0.2, 0) is 9.84 Å². The number of nitrogens with zero attached hydrogens (tertiary/aromatic N) is 3. The molecule has 0 atom stereocenters. The largest absolute Gasteiger partial charge is 0.493 e. The van der Waals surface area contributed by atoms with Gasteiger partial charge in [0, 0.05) is 24.0 Å². The van der Waals surface area contributed by atoms with Gasteiger partial charge in [-0.3, -0.25) is 0 Å². The van der Waals surface area contributed by atoms with Crippen molar-refractivity contribution in [2.24, 2.45) is 0 Å². The van der Waals surface area contributed by atoms with Gasteiger partial charge >= 0.3 is 0 Å². The fourth-order valence-corrected chi connectivity index (χ4v) is 6.88. The maximum absolute atomic E-state index is 13.2. The molecule has 2 aromatic carbocycles. The summed E-state index contributed by atoms with van der Waals surface area (Å²) in [6.07, 6.45) is 0.947. The number of hydrogen-bond acceptors (Lipinski definition) is 9. The Kier molecular flexibility index (Phi) is 6.95. The fourth-order valence-electron chi connectivity index (χ4n) is 4.12. The van der Waals surface area contributed by atoms with Crippen LogP contribution in [0.25, 0.3) is 11.3 Å². The molecule has 178 valence electrons. The molecule has 0 unspecified atom stereocenters. The van der Waals surface area contributed by atoms with Crippen molar-refractivity contribution in [3.05, 3.63) is 47.3 Å². The summed E-state index contributed by atoms with van der Waals surface area (Å²) in [5, 5.41) is 11.6. The molecule has 2 heterocycles. The highest BCUT2D eigenvalue weighted by atomic mass is 32.2. The normalized spacial score (nSPS) is 14.5. The molecule has 0 spiro atoms. The number of nitriles is 1. The topological polar surface area (TPSA) is 102 Å². The third-order valence-corrected chi connectivity index (χ3v) is 9.14. The van der Waals surface area contributed by atoms with E-state index in [2.05, 4.69) is 4.90 Å². The minimum absolute atomic E-state index is 0.120. The molecule has 1 saturated heterocycles. The summed E-state index contributed by atoms with van der Waals surface area (Å²) in [7, 11) is 1.12. The molecule has 1 aromatic heterocycles. The molecular formula is C24H25N3O5S2. The zero-order valence-electron chi connectivity index (χ0n) is 19.1. The van der Waals surface area contributed by atoms with Crippen LogP contribution in [0.5, 0.6) is 17.2 Å². The Balaban J connectivity index is 1.51. The van der Waals surface area contributed by atoms with Crippen molar-refractivity contribution in [1.82, 2.24) is 4.98 Å². The predicted octanol–water partition coefficient (Wildman–Crippen LogP) is 4.15. The Morgan fingerprint density at radius 3 is 2.29 bits per heavy atom. The Bertz CT molecular complexity index is 1300. The Morgan fingerprint density at radius 1 is 1.06 bits per heavy atom. The van der Waals surface area contributed by atoms with Gasteiger partial charge in [0.2, 0.25) is 5.75 Å². The van der Waals surface area contributed by atoms with Gasteiger partial charge in [-0.1, -0.05) is 12.1 Å². The van der Waals surface area contributed by atoms with Crippen molar-refractivity contribution in [3.63, 3.8) is 0 Å². The minimum atomic E-state index is -3.58. The van der Waals surface area contributed by atoms with Crippen molar-refractivity contribution in [3.8, 4) is 34.6 Å². The lowest BCUT2D eigenvalue weighted by Crippen LogP contribution is -2.39. The number of thiazole rings is 1. The second-order valence-corrected chi connectivity index (χ2v) is 10.8. The lowest BCUT2D eigenvalue weighted by atomic mass is 10.1. The molecule has 0 saturated carbocycles. The molecule has 3 aromatic rings. The summed E-state index contributed by atoms with van der Waals surface area (Å²) in [6, 6.07) is 12.1. The molecule has 34 heavy (non-hydrogen) atoms. The number of aromatic nitrogens is 1.